The first-order chi connectivity index (χ1) is 6.56. The van der Waals surface area contributed by atoms with Crippen LogP contribution in [0.25, 0.3) is 0 Å². The van der Waals surface area contributed by atoms with Crippen molar-refractivity contribution < 1.29 is 5.11 Å². The Labute approximate surface area is 89.9 Å². The van der Waals surface area contributed by atoms with Crippen molar-refractivity contribution in [3.8, 4) is 0 Å². The maximum absolute atomic E-state index is 10.1. The average molecular weight is 214 g/mol. The fourth-order valence-corrected chi connectivity index (χ4v) is 1.48. The molecule has 1 aromatic carbocycles. The van der Waals surface area contributed by atoms with E-state index in [2.05, 4.69) is 5.32 Å². The maximum Gasteiger partial charge on any atom is 0.0992 e. The van der Waals surface area contributed by atoms with Gasteiger partial charge in [-0.15, -0.1) is 0 Å². The van der Waals surface area contributed by atoms with Crippen LogP contribution in [0.4, 0.5) is 0 Å². The van der Waals surface area contributed by atoms with Crippen molar-refractivity contribution in [1.82, 2.24) is 5.32 Å². The highest BCUT2D eigenvalue weighted by Crippen LogP contribution is 2.22. The first-order valence-electron chi connectivity index (χ1n) is 4.75. The zero-order valence-corrected chi connectivity index (χ0v) is 9.30. The molecule has 0 bridgehead atoms. The standard InChI is InChI=1S/C11H16ClNO/c1-3-13-8-11(2,14)9-5-4-6-10(12)7-9/h4-7,13-14H,3,8H2,1-2H3. The third kappa shape index (κ3) is 2.98. The number of hydrogen-bond acceptors (Lipinski definition) is 2. The number of halogens is 1. The van der Waals surface area contributed by atoms with Crippen molar-refractivity contribution >= 4 is 11.6 Å². The van der Waals surface area contributed by atoms with E-state index >= 15 is 0 Å². The molecule has 2 nitrogen and oxygen atoms in total. The van der Waals surface area contributed by atoms with E-state index in [1.54, 1.807) is 19.1 Å². The van der Waals surface area contributed by atoms with Crippen LogP contribution in [0.3, 0.4) is 0 Å². The smallest absolute Gasteiger partial charge is 0.0992 e. The largest absolute Gasteiger partial charge is 0.384 e. The summed E-state index contributed by atoms with van der Waals surface area (Å²) in [7, 11) is 0. The van der Waals surface area contributed by atoms with Gasteiger partial charge in [-0.3, -0.25) is 0 Å². The molecular weight excluding hydrogens is 198 g/mol. The first-order valence-corrected chi connectivity index (χ1v) is 5.13. The van der Waals surface area contributed by atoms with E-state index in [1.165, 1.54) is 0 Å². The van der Waals surface area contributed by atoms with E-state index in [-0.39, 0.29) is 0 Å². The molecule has 0 spiro atoms. The van der Waals surface area contributed by atoms with Crippen LogP contribution in [-0.4, -0.2) is 18.2 Å². The Balaban J connectivity index is 2.80. The first kappa shape index (κ1) is 11.5. The number of nitrogens with one attached hydrogen (secondary N) is 1. The Morgan fingerprint density at radius 1 is 1.50 bits per heavy atom. The summed E-state index contributed by atoms with van der Waals surface area (Å²) in [5.41, 5.74) is -0.0214. The summed E-state index contributed by atoms with van der Waals surface area (Å²) in [5, 5.41) is 13.9. The molecule has 0 saturated carbocycles. The van der Waals surface area contributed by atoms with E-state index < -0.39 is 5.60 Å². The van der Waals surface area contributed by atoms with Crippen LogP contribution < -0.4 is 5.32 Å². The summed E-state index contributed by atoms with van der Waals surface area (Å²) in [4.78, 5) is 0. The normalized spacial score (nSPS) is 15.1. The lowest BCUT2D eigenvalue weighted by Gasteiger charge is -2.24. The molecule has 0 aliphatic heterocycles. The highest BCUT2D eigenvalue weighted by atomic mass is 35.5. The average Bonchev–Trinajstić information content (AvgIpc) is 2.15. The summed E-state index contributed by atoms with van der Waals surface area (Å²) in [6.45, 7) is 5.16. The highest BCUT2D eigenvalue weighted by molar-refractivity contribution is 6.30. The van der Waals surface area contributed by atoms with Crippen molar-refractivity contribution in [2.75, 3.05) is 13.1 Å². The van der Waals surface area contributed by atoms with Gasteiger partial charge in [0.15, 0.2) is 0 Å². The van der Waals surface area contributed by atoms with E-state index in [4.69, 9.17) is 11.6 Å². The third-order valence-corrected chi connectivity index (χ3v) is 2.40. The van der Waals surface area contributed by atoms with Gasteiger partial charge in [0.1, 0.15) is 0 Å². The predicted molar refractivity (Wildman–Crippen MR) is 59.6 cm³/mol. The molecule has 0 saturated heterocycles. The SMILES string of the molecule is CCNCC(C)(O)c1cccc(Cl)c1. The minimum Gasteiger partial charge on any atom is -0.384 e. The second kappa shape index (κ2) is 4.78. The predicted octanol–water partition coefficient (Wildman–Crippen LogP) is 2.16. The van der Waals surface area contributed by atoms with Crippen LogP contribution in [0.2, 0.25) is 5.02 Å². The lowest BCUT2D eigenvalue weighted by molar-refractivity contribution is 0.0576. The van der Waals surface area contributed by atoms with Crippen molar-refractivity contribution in [2.45, 2.75) is 19.4 Å². The van der Waals surface area contributed by atoms with Gasteiger partial charge in [-0.2, -0.15) is 0 Å². The Morgan fingerprint density at radius 2 is 2.21 bits per heavy atom. The molecule has 1 aromatic rings. The van der Waals surface area contributed by atoms with Crippen molar-refractivity contribution in [2.24, 2.45) is 0 Å². The van der Waals surface area contributed by atoms with Crippen LogP contribution >= 0.6 is 11.6 Å². The lowest BCUT2D eigenvalue weighted by Crippen LogP contribution is -2.35. The molecule has 1 unspecified atom stereocenters. The number of aliphatic hydroxyl groups is 1. The highest BCUT2D eigenvalue weighted by Gasteiger charge is 2.22. The molecule has 78 valence electrons. The molecular formula is C11H16ClNO. The Kier molecular flexibility index (Phi) is 3.93. The molecule has 0 radical (unpaired) electrons. The number of hydrogen-bond donors (Lipinski definition) is 2. The topological polar surface area (TPSA) is 32.3 Å². The van der Waals surface area contributed by atoms with Gasteiger partial charge in [-0.25, -0.2) is 0 Å². The lowest BCUT2D eigenvalue weighted by atomic mass is 9.96. The van der Waals surface area contributed by atoms with Crippen LogP contribution in [-0.2, 0) is 5.60 Å². The molecule has 14 heavy (non-hydrogen) atoms. The molecule has 0 heterocycles. The molecule has 0 aromatic heterocycles. The molecule has 0 aliphatic carbocycles. The molecule has 0 fully saturated rings. The summed E-state index contributed by atoms with van der Waals surface area (Å²) < 4.78 is 0. The second-order valence-corrected chi connectivity index (χ2v) is 4.00. The minimum absolute atomic E-state index is 0.532. The summed E-state index contributed by atoms with van der Waals surface area (Å²) in [6, 6.07) is 7.31. The zero-order valence-electron chi connectivity index (χ0n) is 8.55. The van der Waals surface area contributed by atoms with Crippen LogP contribution in [0.5, 0.6) is 0 Å². The Hall–Kier alpha value is -0.570. The molecule has 2 N–H and O–H groups in total. The van der Waals surface area contributed by atoms with Gasteiger partial charge < -0.3 is 10.4 Å². The molecule has 0 amide bonds. The molecule has 0 aliphatic rings. The zero-order chi connectivity index (χ0) is 10.6. The fourth-order valence-electron chi connectivity index (χ4n) is 1.29. The van der Waals surface area contributed by atoms with Crippen LogP contribution in [0.15, 0.2) is 24.3 Å². The number of likely N-dealkylation sites (N-methyl/N-ethyl adjacent to an activating group) is 1. The van der Waals surface area contributed by atoms with Gasteiger partial charge in [0.05, 0.1) is 5.60 Å². The van der Waals surface area contributed by atoms with Crippen molar-refractivity contribution in [1.29, 1.82) is 0 Å². The molecule has 3 heteroatoms. The third-order valence-electron chi connectivity index (χ3n) is 2.17. The van der Waals surface area contributed by atoms with Crippen molar-refractivity contribution in [3.05, 3.63) is 34.9 Å². The van der Waals surface area contributed by atoms with Gasteiger partial charge in [-0.1, -0.05) is 30.7 Å². The summed E-state index contributed by atoms with van der Waals surface area (Å²) in [5.74, 6) is 0. The number of benzene rings is 1. The monoisotopic (exact) mass is 213 g/mol. The quantitative estimate of drug-likeness (QED) is 0.804. The van der Waals surface area contributed by atoms with Gasteiger partial charge >= 0.3 is 0 Å². The maximum atomic E-state index is 10.1. The Bertz CT molecular complexity index is 299. The van der Waals surface area contributed by atoms with Gasteiger partial charge in [0.25, 0.3) is 0 Å². The van der Waals surface area contributed by atoms with E-state index in [0.717, 1.165) is 12.1 Å². The fraction of sp³-hybridized carbons (Fsp3) is 0.455. The van der Waals surface area contributed by atoms with E-state index in [1.807, 2.05) is 19.1 Å². The number of rotatable bonds is 4. The van der Waals surface area contributed by atoms with Crippen LogP contribution in [0, 0.1) is 0 Å². The van der Waals surface area contributed by atoms with E-state index in [9.17, 15) is 5.11 Å². The van der Waals surface area contributed by atoms with Gasteiger partial charge in [-0.05, 0) is 31.2 Å². The Morgan fingerprint density at radius 3 is 2.79 bits per heavy atom. The van der Waals surface area contributed by atoms with Crippen LogP contribution in [0.1, 0.15) is 19.4 Å². The van der Waals surface area contributed by atoms with Crippen molar-refractivity contribution in [3.63, 3.8) is 0 Å². The van der Waals surface area contributed by atoms with Gasteiger partial charge in [0, 0.05) is 11.6 Å². The second-order valence-electron chi connectivity index (χ2n) is 3.56. The summed E-state index contributed by atoms with van der Waals surface area (Å²) in [6.07, 6.45) is 0. The van der Waals surface area contributed by atoms with Gasteiger partial charge in [0.2, 0.25) is 0 Å². The van der Waals surface area contributed by atoms with E-state index in [0.29, 0.717) is 11.6 Å². The molecule has 1 rings (SSSR count). The minimum atomic E-state index is -0.860. The summed E-state index contributed by atoms with van der Waals surface area (Å²) >= 11 is 5.85. The molecule has 1 atom stereocenters.